The molecule has 4 rings (SSSR count). The quantitative estimate of drug-likeness (QED) is 0.175. The third-order valence-electron chi connectivity index (χ3n) is 6.21. The second-order valence-electron chi connectivity index (χ2n) is 7.99. The number of carbonyl (C=O) groups is 2. The number of carbonyl (C=O) groups excluding carboxylic acids is 2. The van der Waals surface area contributed by atoms with Crippen molar-refractivity contribution in [3.05, 3.63) is 42.0 Å². The second-order valence-corrected chi connectivity index (χ2v) is 7.99. The van der Waals surface area contributed by atoms with Crippen LogP contribution in [0.5, 0.6) is 5.75 Å². The van der Waals surface area contributed by atoms with Crippen molar-refractivity contribution in [2.45, 2.75) is 26.8 Å². The van der Waals surface area contributed by atoms with Crippen LogP contribution < -0.4 is 15.4 Å². The van der Waals surface area contributed by atoms with Gasteiger partial charge in [0.25, 0.3) is 0 Å². The molecule has 168 valence electrons. The molecule has 8 heteroatoms. The molecule has 7 nitrogen and oxygen atoms in total. The van der Waals surface area contributed by atoms with E-state index < -0.39 is 0 Å². The number of para-hydroxylation sites is 1. The first-order valence-electron chi connectivity index (χ1n) is 10.9. The van der Waals surface area contributed by atoms with Crippen LogP contribution in [0.4, 0.5) is 0 Å². The number of amides is 2. The molecule has 31 heavy (non-hydrogen) atoms. The Balaban J connectivity index is 0.00000272. The van der Waals surface area contributed by atoms with E-state index in [0.717, 1.165) is 24.3 Å². The molecular weight excluding hydrogens is 507 g/mol. The first kappa shape index (κ1) is 23.6. The molecule has 1 aliphatic heterocycles. The van der Waals surface area contributed by atoms with Gasteiger partial charge in [0.05, 0.1) is 25.0 Å². The molecule has 1 aromatic carbocycles. The van der Waals surface area contributed by atoms with Gasteiger partial charge in [-0.1, -0.05) is 30.4 Å². The third-order valence-corrected chi connectivity index (χ3v) is 6.21. The van der Waals surface area contributed by atoms with Gasteiger partial charge in [-0.05, 0) is 38.2 Å². The summed E-state index contributed by atoms with van der Waals surface area (Å²) in [6, 6.07) is 7.86. The molecule has 4 atom stereocenters. The van der Waals surface area contributed by atoms with Crippen LogP contribution in [0.15, 0.2) is 41.4 Å². The normalized spacial score (nSPS) is 26.1. The van der Waals surface area contributed by atoms with Crippen LogP contribution in [0.25, 0.3) is 0 Å². The summed E-state index contributed by atoms with van der Waals surface area (Å²) in [6.07, 6.45) is 5.20. The van der Waals surface area contributed by atoms with Gasteiger partial charge in [-0.25, -0.2) is 4.99 Å². The van der Waals surface area contributed by atoms with Gasteiger partial charge in [0, 0.05) is 25.2 Å². The Kier molecular flexibility index (Phi) is 7.96. The van der Waals surface area contributed by atoms with E-state index >= 15 is 0 Å². The van der Waals surface area contributed by atoms with E-state index in [1.807, 2.05) is 38.1 Å². The van der Waals surface area contributed by atoms with Gasteiger partial charge in [0.1, 0.15) is 5.75 Å². The standard InChI is InChI=1S/C23H30N4O3.HI/c1-3-24-23(26-14-17-7-5-6-8-18(17)30-4-2)25-11-12-27-21(28)19-15-9-10-16(13-15)20(19)22(27)29;/h5-10,15-16,19-20H,3-4,11-14H2,1-2H3,(H2,24,25,26);1H. The smallest absolute Gasteiger partial charge is 0.233 e. The molecule has 0 aromatic heterocycles. The Morgan fingerprint density at radius 1 is 1.10 bits per heavy atom. The van der Waals surface area contributed by atoms with E-state index in [2.05, 4.69) is 27.8 Å². The van der Waals surface area contributed by atoms with Gasteiger partial charge < -0.3 is 15.4 Å². The predicted octanol–water partition coefficient (Wildman–Crippen LogP) is 2.57. The minimum absolute atomic E-state index is 0. The Morgan fingerprint density at radius 3 is 2.42 bits per heavy atom. The first-order chi connectivity index (χ1) is 14.6. The lowest BCUT2D eigenvalue weighted by Crippen LogP contribution is -2.43. The van der Waals surface area contributed by atoms with Gasteiger partial charge >= 0.3 is 0 Å². The summed E-state index contributed by atoms with van der Waals surface area (Å²) in [5.41, 5.74) is 1.01. The average molecular weight is 538 g/mol. The maximum atomic E-state index is 12.8. The van der Waals surface area contributed by atoms with Crippen molar-refractivity contribution in [1.29, 1.82) is 0 Å². The van der Waals surface area contributed by atoms with Crippen LogP contribution in [0.2, 0.25) is 0 Å². The Hall–Kier alpha value is -2.10. The van der Waals surface area contributed by atoms with E-state index in [1.165, 1.54) is 4.90 Å². The highest BCUT2D eigenvalue weighted by atomic mass is 127. The summed E-state index contributed by atoms with van der Waals surface area (Å²) in [5, 5.41) is 6.47. The van der Waals surface area contributed by atoms with Crippen molar-refractivity contribution in [2.75, 3.05) is 26.2 Å². The number of nitrogens with one attached hydrogen (secondary N) is 2. The molecule has 2 N–H and O–H groups in total. The Morgan fingerprint density at radius 2 is 1.77 bits per heavy atom. The number of allylic oxidation sites excluding steroid dienone is 2. The van der Waals surface area contributed by atoms with Gasteiger partial charge in [-0.15, -0.1) is 24.0 Å². The van der Waals surface area contributed by atoms with Crippen LogP contribution in [0, 0.1) is 23.7 Å². The van der Waals surface area contributed by atoms with Crippen LogP contribution in [-0.2, 0) is 16.1 Å². The molecule has 1 saturated heterocycles. The van der Waals surface area contributed by atoms with Crippen molar-refractivity contribution in [1.82, 2.24) is 15.5 Å². The fourth-order valence-corrected chi connectivity index (χ4v) is 4.91. The first-order valence-corrected chi connectivity index (χ1v) is 10.9. The molecule has 2 aliphatic carbocycles. The minimum Gasteiger partial charge on any atom is -0.494 e. The largest absolute Gasteiger partial charge is 0.494 e. The van der Waals surface area contributed by atoms with Gasteiger partial charge in [0.2, 0.25) is 11.8 Å². The molecule has 2 amide bonds. The number of halogens is 1. The summed E-state index contributed by atoms with van der Waals surface area (Å²) in [7, 11) is 0. The molecule has 1 heterocycles. The summed E-state index contributed by atoms with van der Waals surface area (Å²) in [5.74, 6) is 1.71. The fourth-order valence-electron chi connectivity index (χ4n) is 4.91. The highest BCUT2D eigenvalue weighted by molar-refractivity contribution is 14.0. The zero-order valence-corrected chi connectivity index (χ0v) is 20.4. The topological polar surface area (TPSA) is 83.0 Å². The SMILES string of the molecule is CCNC(=NCc1ccccc1OCC)NCCN1C(=O)C2C3C=CC(C3)C2C1=O.I. The Labute approximate surface area is 200 Å². The number of nitrogens with zero attached hydrogens (tertiary/aromatic N) is 2. The highest BCUT2D eigenvalue weighted by Crippen LogP contribution is 2.52. The van der Waals surface area contributed by atoms with E-state index in [0.29, 0.717) is 32.2 Å². The number of hydrogen-bond acceptors (Lipinski definition) is 4. The molecular formula is C23H31IN4O3. The highest BCUT2D eigenvalue weighted by Gasteiger charge is 2.58. The molecule has 2 fully saturated rings. The zero-order valence-electron chi connectivity index (χ0n) is 18.0. The van der Waals surface area contributed by atoms with Gasteiger partial charge in [-0.2, -0.15) is 0 Å². The van der Waals surface area contributed by atoms with Gasteiger partial charge in [0.15, 0.2) is 5.96 Å². The lowest BCUT2D eigenvalue weighted by molar-refractivity contribution is -0.140. The fraction of sp³-hybridized carbons (Fsp3) is 0.522. The van der Waals surface area contributed by atoms with Crippen LogP contribution in [0.1, 0.15) is 25.8 Å². The van der Waals surface area contributed by atoms with Crippen LogP contribution >= 0.6 is 24.0 Å². The predicted molar refractivity (Wildman–Crippen MR) is 130 cm³/mol. The number of hydrogen-bond donors (Lipinski definition) is 2. The van der Waals surface area contributed by atoms with Crippen molar-refractivity contribution >= 4 is 41.8 Å². The number of benzene rings is 1. The molecule has 3 aliphatic rings. The number of ether oxygens (including phenoxy) is 1. The Bertz CT molecular complexity index is 842. The molecule has 2 bridgehead atoms. The van der Waals surface area contributed by atoms with E-state index in [1.54, 1.807) is 0 Å². The summed E-state index contributed by atoms with van der Waals surface area (Å²) < 4.78 is 5.66. The van der Waals surface area contributed by atoms with Crippen LogP contribution in [-0.4, -0.2) is 48.9 Å². The number of likely N-dealkylation sites (tertiary alicyclic amines) is 1. The number of imide groups is 1. The maximum absolute atomic E-state index is 12.8. The van der Waals surface area contributed by atoms with Crippen molar-refractivity contribution < 1.29 is 14.3 Å². The molecule has 0 radical (unpaired) electrons. The molecule has 0 spiro atoms. The summed E-state index contributed by atoms with van der Waals surface area (Å²) in [6.45, 7) is 6.61. The number of aliphatic imine (C=N–C) groups is 1. The minimum atomic E-state index is -0.135. The lowest BCUT2D eigenvalue weighted by Gasteiger charge is -2.18. The molecule has 1 aromatic rings. The summed E-state index contributed by atoms with van der Waals surface area (Å²) >= 11 is 0. The van der Waals surface area contributed by atoms with Crippen LogP contribution in [0.3, 0.4) is 0 Å². The molecule has 4 unspecified atom stereocenters. The average Bonchev–Trinajstić information content (AvgIpc) is 3.43. The van der Waals surface area contributed by atoms with Crippen molar-refractivity contribution in [3.63, 3.8) is 0 Å². The van der Waals surface area contributed by atoms with Gasteiger partial charge in [-0.3, -0.25) is 14.5 Å². The number of fused-ring (bicyclic) bond motifs is 5. The third kappa shape index (κ3) is 4.73. The second kappa shape index (κ2) is 10.5. The zero-order chi connectivity index (χ0) is 21.1. The van der Waals surface area contributed by atoms with Crippen molar-refractivity contribution in [2.24, 2.45) is 28.7 Å². The van der Waals surface area contributed by atoms with E-state index in [4.69, 9.17) is 4.74 Å². The number of guanidine groups is 1. The van der Waals surface area contributed by atoms with E-state index in [-0.39, 0.29) is 59.5 Å². The lowest BCUT2D eigenvalue weighted by atomic mass is 9.85. The summed E-state index contributed by atoms with van der Waals surface area (Å²) in [4.78, 5) is 31.6. The maximum Gasteiger partial charge on any atom is 0.233 e. The monoisotopic (exact) mass is 538 g/mol. The number of rotatable bonds is 8. The van der Waals surface area contributed by atoms with E-state index in [9.17, 15) is 9.59 Å². The van der Waals surface area contributed by atoms with Crippen molar-refractivity contribution in [3.8, 4) is 5.75 Å². The molecule has 1 saturated carbocycles.